The van der Waals surface area contributed by atoms with Gasteiger partial charge in [0, 0.05) is 24.3 Å². The minimum Gasteiger partial charge on any atom is -0.366 e. The molecule has 1 aliphatic carbocycles. The summed E-state index contributed by atoms with van der Waals surface area (Å²) in [5.74, 6) is -0.339. The maximum absolute atomic E-state index is 11.1. The molecule has 2 aliphatic rings. The third kappa shape index (κ3) is 1.83. The van der Waals surface area contributed by atoms with E-state index in [1.165, 1.54) is 11.1 Å². The molecule has 1 saturated heterocycles. The fourth-order valence-electron chi connectivity index (χ4n) is 2.93. The zero-order valence-electron chi connectivity index (χ0n) is 9.75. The summed E-state index contributed by atoms with van der Waals surface area (Å²) in [5.41, 5.74) is 8.77. The number of benzene rings is 1. The number of fused-ring (bicyclic) bond motifs is 1. The van der Waals surface area contributed by atoms with Crippen molar-refractivity contribution in [3.8, 4) is 0 Å². The van der Waals surface area contributed by atoms with Crippen LogP contribution >= 0.6 is 0 Å². The molecular weight excluding hydrogens is 214 g/mol. The Kier molecular flexibility index (Phi) is 2.42. The molecule has 0 saturated carbocycles. The Morgan fingerprint density at radius 1 is 1.35 bits per heavy atom. The van der Waals surface area contributed by atoms with E-state index in [9.17, 15) is 4.79 Å². The second-order valence-corrected chi connectivity index (χ2v) is 5.09. The third-order valence-electron chi connectivity index (χ3n) is 3.94. The summed E-state index contributed by atoms with van der Waals surface area (Å²) in [4.78, 5) is 11.1. The van der Waals surface area contributed by atoms with Gasteiger partial charge in [0.2, 0.25) is 5.91 Å². The first-order valence-corrected chi connectivity index (χ1v) is 6.06. The Hall–Kier alpha value is -1.39. The second kappa shape index (κ2) is 3.82. The summed E-state index contributed by atoms with van der Waals surface area (Å²) in [6.07, 6.45) is 3.18. The first-order valence-electron chi connectivity index (χ1n) is 6.06. The van der Waals surface area contributed by atoms with Gasteiger partial charge in [0.1, 0.15) is 0 Å². The molecular formula is C13H17N3O. The molecule has 1 fully saturated rings. The molecule has 1 aliphatic heterocycles. The average molecular weight is 231 g/mol. The van der Waals surface area contributed by atoms with Gasteiger partial charge in [0.15, 0.2) is 0 Å². The van der Waals surface area contributed by atoms with E-state index in [0.717, 1.165) is 32.5 Å². The normalized spacial score (nSPS) is 27.1. The van der Waals surface area contributed by atoms with Crippen molar-refractivity contribution in [1.82, 2.24) is 10.6 Å². The topological polar surface area (TPSA) is 67.2 Å². The third-order valence-corrected chi connectivity index (χ3v) is 3.94. The highest BCUT2D eigenvalue weighted by atomic mass is 16.1. The Balaban J connectivity index is 1.91. The molecule has 90 valence electrons. The number of carbonyl (C=O) groups is 1. The summed E-state index contributed by atoms with van der Waals surface area (Å²) in [7, 11) is 0. The molecule has 1 amide bonds. The molecule has 4 nitrogen and oxygen atoms in total. The van der Waals surface area contributed by atoms with E-state index in [-0.39, 0.29) is 11.4 Å². The van der Waals surface area contributed by atoms with Crippen molar-refractivity contribution < 1.29 is 4.79 Å². The van der Waals surface area contributed by atoms with E-state index in [1.54, 1.807) is 0 Å². The number of aryl methyl sites for hydroxylation is 1. The van der Waals surface area contributed by atoms with Crippen LogP contribution in [0.2, 0.25) is 0 Å². The lowest BCUT2D eigenvalue weighted by Gasteiger charge is -2.34. The van der Waals surface area contributed by atoms with Crippen molar-refractivity contribution in [1.29, 1.82) is 0 Å². The molecule has 3 rings (SSSR count). The Bertz CT molecular complexity index is 464. The molecule has 17 heavy (non-hydrogen) atoms. The van der Waals surface area contributed by atoms with E-state index in [2.05, 4.69) is 16.7 Å². The summed E-state index contributed by atoms with van der Waals surface area (Å²) in [5, 5.41) is 6.91. The molecule has 0 radical (unpaired) electrons. The van der Waals surface area contributed by atoms with Crippen molar-refractivity contribution in [2.45, 2.75) is 24.8 Å². The lowest BCUT2D eigenvalue weighted by molar-refractivity contribution is 0.1000. The van der Waals surface area contributed by atoms with Crippen molar-refractivity contribution >= 4 is 5.91 Å². The molecule has 1 aromatic rings. The van der Waals surface area contributed by atoms with Gasteiger partial charge in [-0.15, -0.1) is 0 Å². The summed E-state index contributed by atoms with van der Waals surface area (Å²) >= 11 is 0. The lowest BCUT2D eigenvalue weighted by atomic mass is 9.78. The van der Waals surface area contributed by atoms with Crippen LogP contribution in [0.25, 0.3) is 0 Å². The van der Waals surface area contributed by atoms with Crippen LogP contribution in [-0.4, -0.2) is 24.7 Å². The van der Waals surface area contributed by atoms with Crippen LogP contribution in [0.3, 0.4) is 0 Å². The van der Waals surface area contributed by atoms with Gasteiger partial charge in [-0.1, -0.05) is 6.07 Å². The number of primary amides is 1. The second-order valence-electron chi connectivity index (χ2n) is 5.09. The highest BCUT2D eigenvalue weighted by Crippen LogP contribution is 2.30. The minimum absolute atomic E-state index is 0.223. The zero-order valence-corrected chi connectivity index (χ0v) is 9.75. The summed E-state index contributed by atoms with van der Waals surface area (Å²) < 4.78 is 0. The summed E-state index contributed by atoms with van der Waals surface area (Å²) in [6.45, 7) is 1.93. The maximum atomic E-state index is 11.1. The predicted molar refractivity (Wildman–Crippen MR) is 65.7 cm³/mol. The molecule has 0 aromatic heterocycles. The molecule has 1 unspecified atom stereocenters. The number of nitrogens with one attached hydrogen (secondary N) is 2. The van der Waals surface area contributed by atoms with Crippen LogP contribution in [0.1, 0.15) is 27.9 Å². The molecule has 4 heteroatoms. The quantitative estimate of drug-likeness (QED) is 0.645. The number of carbonyl (C=O) groups excluding carboxylic acids is 1. The van der Waals surface area contributed by atoms with Gasteiger partial charge in [0.05, 0.1) is 0 Å². The van der Waals surface area contributed by atoms with Crippen LogP contribution in [-0.2, 0) is 12.8 Å². The monoisotopic (exact) mass is 231 g/mol. The zero-order chi connectivity index (χ0) is 11.9. The molecule has 1 atom stereocenters. The first kappa shape index (κ1) is 10.7. The Morgan fingerprint density at radius 2 is 2.24 bits per heavy atom. The Labute approximate surface area is 101 Å². The number of hydrogen-bond acceptors (Lipinski definition) is 3. The van der Waals surface area contributed by atoms with E-state index in [0.29, 0.717) is 5.56 Å². The van der Waals surface area contributed by atoms with Gasteiger partial charge in [-0.2, -0.15) is 0 Å². The van der Waals surface area contributed by atoms with E-state index >= 15 is 0 Å². The lowest BCUT2D eigenvalue weighted by Crippen LogP contribution is -2.47. The summed E-state index contributed by atoms with van der Waals surface area (Å²) in [6, 6.07) is 5.84. The van der Waals surface area contributed by atoms with Crippen LogP contribution in [0.4, 0.5) is 0 Å². The molecule has 4 N–H and O–H groups in total. The highest BCUT2D eigenvalue weighted by Gasteiger charge is 2.36. The van der Waals surface area contributed by atoms with Gasteiger partial charge >= 0.3 is 0 Å². The van der Waals surface area contributed by atoms with Crippen molar-refractivity contribution in [2.75, 3.05) is 13.2 Å². The van der Waals surface area contributed by atoms with Crippen LogP contribution in [0, 0.1) is 0 Å². The van der Waals surface area contributed by atoms with Gasteiger partial charge in [-0.3, -0.25) is 10.1 Å². The van der Waals surface area contributed by atoms with Crippen LogP contribution in [0.5, 0.6) is 0 Å². The number of hydrogen-bond donors (Lipinski definition) is 3. The van der Waals surface area contributed by atoms with Gasteiger partial charge in [-0.25, -0.2) is 0 Å². The van der Waals surface area contributed by atoms with Crippen molar-refractivity contribution in [2.24, 2.45) is 5.73 Å². The minimum atomic E-state index is -0.339. The van der Waals surface area contributed by atoms with Crippen molar-refractivity contribution in [3.63, 3.8) is 0 Å². The molecule has 1 spiro atoms. The van der Waals surface area contributed by atoms with Gasteiger partial charge in [0.25, 0.3) is 0 Å². The van der Waals surface area contributed by atoms with Crippen LogP contribution < -0.4 is 16.4 Å². The van der Waals surface area contributed by atoms with E-state index in [4.69, 9.17) is 5.73 Å². The van der Waals surface area contributed by atoms with Crippen molar-refractivity contribution in [3.05, 3.63) is 34.9 Å². The standard InChI is InChI=1S/C13H17N3O/c14-12(17)10-1-2-11-6-13(7-15-8-16-13)4-3-9(11)5-10/h1-2,5,15-16H,3-4,6-8H2,(H2,14,17). The smallest absolute Gasteiger partial charge is 0.248 e. The molecule has 1 heterocycles. The first-order chi connectivity index (χ1) is 8.19. The Morgan fingerprint density at radius 3 is 2.94 bits per heavy atom. The average Bonchev–Trinajstić information content (AvgIpc) is 2.76. The number of nitrogens with two attached hydrogens (primary N) is 1. The maximum Gasteiger partial charge on any atom is 0.248 e. The fourth-order valence-corrected chi connectivity index (χ4v) is 2.93. The highest BCUT2D eigenvalue weighted by molar-refractivity contribution is 5.93. The van der Waals surface area contributed by atoms with Gasteiger partial charge < -0.3 is 11.1 Å². The fraction of sp³-hybridized carbons (Fsp3) is 0.462. The van der Waals surface area contributed by atoms with E-state index in [1.807, 2.05) is 12.1 Å². The number of amides is 1. The predicted octanol–water partition coefficient (Wildman–Crippen LogP) is 0.163. The van der Waals surface area contributed by atoms with Crippen LogP contribution in [0.15, 0.2) is 18.2 Å². The SMILES string of the molecule is NC(=O)c1ccc2c(c1)CCC1(CNCN1)C2. The largest absolute Gasteiger partial charge is 0.366 e. The molecule has 1 aromatic carbocycles. The molecule has 0 bridgehead atoms. The van der Waals surface area contributed by atoms with Gasteiger partial charge in [-0.05, 0) is 42.5 Å². The van der Waals surface area contributed by atoms with E-state index < -0.39 is 0 Å². The number of rotatable bonds is 1.